The van der Waals surface area contributed by atoms with Gasteiger partial charge in [0.05, 0.1) is 55.9 Å². The molecule has 0 bridgehead atoms. The summed E-state index contributed by atoms with van der Waals surface area (Å²) < 4.78 is 4.31. The molecule has 0 unspecified atom stereocenters. The minimum Gasteiger partial charge on any atom is -0.309 e. The number of fused-ring (bicyclic) bond motifs is 10. The minimum absolute atomic E-state index is 0.174. The smallest absolute Gasteiger partial charge is 0.103 e. The second-order valence-corrected chi connectivity index (χ2v) is 16.1. The Bertz CT molecular complexity index is 3720. The highest BCUT2D eigenvalue weighted by atomic mass is 15.0. The van der Waals surface area contributed by atoms with Gasteiger partial charge in [-0.1, -0.05) is 158 Å². The molecule has 290 valence electrons. The van der Waals surface area contributed by atoms with Crippen molar-refractivity contribution >= 4 is 43.6 Å². The molecule has 0 saturated carbocycles. The standard InChI is InChI=1S/C58H33N5/c59-34-38-33-54(63-50-24-12-8-19-42(50)43-20-9-13-25-51(43)63)46(35-60)47(36-61)55(38)37-27-29-41(30-28-37)62-52-26-14-10-22-45(52)57-53(62)32-31-49-56(57)44-21-7-11-23-48(44)58(49,39-15-3-1-4-16-39)40-17-5-2-6-18-40/h1-33H. The number of benzene rings is 9. The summed E-state index contributed by atoms with van der Waals surface area (Å²) >= 11 is 0. The van der Waals surface area contributed by atoms with E-state index in [1.54, 1.807) is 6.07 Å². The van der Waals surface area contributed by atoms with Crippen LogP contribution < -0.4 is 0 Å². The van der Waals surface area contributed by atoms with E-state index in [0.29, 0.717) is 22.4 Å². The van der Waals surface area contributed by atoms with Gasteiger partial charge in [0.1, 0.15) is 12.1 Å². The molecule has 9 aromatic carbocycles. The lowest BCUT2D eigenvalue weighted by molar-refractivity contribution is 0.769. The molecule has 0 amide bonds. The molecule has 1 aliphatic carbocycles. The molecule has 12 rings (SSSR count). The van der Waals surface area contributed by atoms with Crippen molar-refractivity contribution in [2.24, 2.45) is 0 Å². The first-order valence-electron chi connectivity index (χ1n) is 21.0. The number of rotatable bonds is 5. The van der Waals surface area contributed by atoms with Crippen LogP contribution in [0.2, 0.25) is 0 Å². The molecule has 5 nitrogen and oxygen atoms in total. The van der Waals surface area contributed by atoms with Gasteiger partial charge in [0, 0.05) is 32.8 Å². The lowest BCUT2D eigenvalue weighted by Crippen LogP contribution is -2.28. The van der Waals surface area contributed by atoms with E-state index in [9.17, 15) is 15.8 Å². The average Bonchev–Trinajstić information content (AvgIpc) is 3.98. The number of nitrogens with zero attached hydrogens (tertiary/aromatic N) is 5. The number of hydrogen-bond acceptors (Lipinski definition) is 3. The highest BCUT2D eigenvalue weighted by Gasteiger charge is 2.47. The van der Waals surface area contributed by atoms with Gasteiger partial charge in [-0.25, -0.2) is 0 Å². The van der Waals surface area contributed by atoms with Crippen LogP contribution in [0.4, 0.5) is 0 Å². The Morgan fingerprint density at radius 3 is 1.54 bits per heavy atom. The fourth-order valence-corrected chi connectivity index (χ4v) is 10.7. The van der Waals surface area contributed by atoms with E-state index in [0.717, 1.165) is 43.9 Å². The SMILES string of the molecule is N#Cc1cc(-n2c3ccccc3c3ccccc32)c(C#N)c(C#N)c1-c1ccc(-n2c3ccccc3c3c4c(ccc32)C(c2ccccc2)(c2ccccc2)c2ccccc2-4)cc1. The van der Waals surface area contributed by atoms with Crippen LogP contribution in [0, 0.1) is 34.0 Å². The fourth-order valence-electron chi connectivity index (χ4n) is 10.7. The van der Waals surface area contributed by atoms with Gasteiger partial charge in [-0.2, -0.15) is 15.8 Å². The Hall–Kier alpha value is -8.95. The number of hydrogen-bond donors (Lipinski definition) is 0. The molecule has 0 spiro atoms. The molecule has 0 radical (unpaired) electrons. The highest BCUT2D eigenvalue weighted by Crippen LogP contribution is 2.58. The molecular weight excluding hydrogens is 767 g/mol. The maximum Gasteiger partial charge on any atom is 0.103 e. The van der Waals surface area contributed by atoms with Gasteiger partial charge < -0.3 is 9.13 Å². The summed E-state index contributed by atoms with van der Waals surface area (Å²) in [5.74, 6) is 0. The Balaban J connectivity index is 1.06. The zero-order valence-corrected chi connectivity index (χ0v) is 33.8. The molecule has 0 fully saturated rings. The molecule has 1 aliphatic rings. The van der Waals surface area contributed by atoms with E-state index in [1.807, 2.05) is 53.1 Å². The van der Waals surface area contributed by atoms with E-state index in [1.165, 1.54) is 38.8 Å². The number of para-hydroxylation sites is 3. The third-order valence-electron chi connectivity index (χ3n) is 13.1. The second-order valence-electron chi connectivity index (χ2n) is 16.1. The van der Waals surface area contributed by atoms with Crippen LogP contribution in [0.25, 0.3) is 77.2 Å². The van der Waals surface area contributed by atoms with Crippen molar-refractivity contribution < 1.29 is 0 Å². The summed E-state index contributed by atoms with van der Waals surface area (Å²) in [4.78, 5) is 0. The lowest BCUT2D eigenvalue weighted by atomic mass is 9.67. The van der Waals surface area contributed by atoms with Gasteiger partial charge >= 0.3 is 0 Å². The van der Waals surface area contributed by atoms with Gasteiger partial charge in [-0.15, -0.1) is 0 Å². The van der Waals surface area contributed by atoms with E-state index in [-0.39, 0.29) is 11.1 Å². The third-order valence-corrected chi connectivity index (χ3v) is 13.1. The van der Waals surface area contributed by atoms with Crippen LogP contribution in [0.5, 0.6) is 0 Å². The van der Waals surface area contributed by atoms with Crippen LogP contribution >= 0.6 is 0 Å². The number of nitriles is 3. The molecule has 0 atom stereocenters. The van der Waals surface area contributed by atoms with Gasteiger partial charge in [0.25, 0.3) is 0 Å². The third kappa shape index (κ3) is 4.90. The summed E-state index contributed by atoms with van der Waals surface area (Å²) in [6.07, 6.45) is 0. The van der Waals surface area contributed by atoms with Crippen molar-refractivity contribution in [2.45, 2.75) is 5.41 Å². The molecule has 2 aromatic heterocycles. The van der Waals surface area contributed by atoms with Crippen LogP contribution in [-0.2, 0) is 5.41 Å². The largest absolute Gasteiger partial charge is 0.309 e. The topological polar surface area (TPSA) is 81.2 Å². The maximum atomic E-state index is 10.8. The summed E-state index contributed by atoms with van der Waals surface area (Å²) in [6.45, 7) is 0. The first-order valence-corrected chi connectivity index (χ1v) is 21.0. The first kappa shape index (κ1) is 35.9. The van der Waals surface area contributed by atoms with Crippen LogP contribution in [-0.4, -0.2) is 9.13 Å². The quantitative estimate of drug-likeness (QED) is 0.174. The van der Waals surface area contributed by atoms with Crippen molar-refractivity contribution in [2.75, 3.05) is 0 Å². The van der Waals surface area contributed by atoms with Crippen molar-refractivity contribution in [3.05, 3.63) is 239 Å². The van der Waals surface area contributed by atoms with E-state index < -0.39 is 5.41 Å². The van der Waals surface area contributed by atoms with Crippen LogP contribution in [0.3, 0.4) is 0 Å². The monoisotopic (exact) mass is 799 g/mol. The zero-order valence-electron chi connectivity index (χ0n) is 33.8. The first-order chi connectivity index (χ1) is 31.2. The van der Waals surface area contributed by atoms with Crippen LogP contribution in [0.15, 0.2) is 200 Å². The van der Waals surface area contributed by atoms with Crippen molar-refractivity contribution in [3.8, 4) is 51.8 Å². The fraction of sp³-hybridized carbons (Fsp3) is 0.0172. The van der Waals surface area contributed by atoms with Crippen LogP contribution in [0.1, 0.15) is 38.9 Å². The molecule has 63 heavy (non-hydrogen) atoms. The second kappa shape index (κ2) is 13.8. The van der Waals surface area contributed by atoms with Crippen molar-refractivity contribution in [1.29, 1.82) is 15.8 Å². The molecular formula is C58H33N5. The zero-order chi connectivity index (χ0) is 42.2. The predicted molar refractivity (Wildman–Crippen MR) is 252 cm³/mol. The normalized spacial score (nSPS) is 12.5. The predicted octanol–water partition coefficient (Wildman–Crippen LogP) is 13.5. The van der Waals surface area contributed by atoms with E-state index >= 15 is 0 Å². The maximum absolute atomic E-state index is 10.8. The summed E-state index contributed by atoms with van der Waals surface area (Å²) in [6, 6.07) is 76.7. The minimum atomic E-state index is -0.524. The molecule has 0 N–H and O–H groups in total. The molecule has 0 saturated heterocycles. The Labute approximate surface area is 363 Å². The van der Waals surface area contributed by atoms with Gasteiger partial charge in [-0.05, 0) is 81.4 Å². The molecule has 5 heteroatoms. The van der Waals surface area contributed by atoms with E-state index in [4.69, 9.17) is 0 Å². The Morgan fingerprint density at radius 2 is 0.937 bits per heavy atom. The molecule has 2 heterocycles. The molecule has 11 aromatic rings. The van der Waals surface area contributed by atoms with Crippen molar-refractivity contribution in [3.63, 3.8) is 0 Å². The van der Waals surface area contributed by atoms with Crippen molar-refractivity contribution in [1.82, 2.24) is 9.13 Å². The highest BCUT2D eigenvalue weighted by molar-refractivity contribution is 6.18. The average molecular weight is 800 g/mol. The molecule has 0 aliphatic heterocycles. The van der Waals surface area contributed by atoms with Gasteiger partial charge in [0.2, 0.25) is 0 Å². The van der Waals surface area contributed by atoms with Gasteiger partial charge in [0.15, 0.2) is 0 Å². The Morgan fingerprint density at radius 1 is 0.397 bits per heavy atom. The summed E-state index contributed by atoms with van der Waals surface area (Å²) in [5, 5.41) is 36.7. The summed E-state index contributed by atoms with van der Waals surface area (Å²) in [5.41, 5.74) is 14.1. The number of aromatic nitrogens is 2. The lowest BCUT2D eigenvalue weighted by Gasteiger charge is -2.33. The summed E-state index contributed by atoms with van der Waals surface area (Å²) in [7, 11) is 0. The Kier molecular flexibility index (Phi) is 7.87. The van der Waals surface area contributed by atoms with Gasteiger partial charge in [-0.3, -0.25) is 0 Å². The van der Waals surface area contributed by atoms with E-state index in [2.05, 4.69) is 168 Å².